The van der Waals surface area contributed by atoms with Crippen LogP contribution in [0.4, 0.5) is 0 Å². The van der Waals surface area contributed by atoms with E-state index in [0.717, 1.165) is 11.1 Å². The van der Waals surface area contributed by atoms with E-state index < -0.39 is 6.10 Å². The van der Waals surface area contributed by atoms with Gasteiger partial charge >= 0.3 is 0 Å². The fourth-order valence-electron chi connectivity index (χ4n) is 2.10. The molecule has 2 aromatic rings. The first-order chi connectivity index (χ1) is 10.1. The van der Waals surface area contributed by atoms with Crippen LogP contribution in [0.5, 0.6) is 5.75 Å². The summed E-state index contributed by atoms with van der Waals surface area (Å²) >= 11 is 0. The minimum Gasteiger partial charge on any atom is -0.497 e. The lowest BCUT2D eigenvalue weighted by Gasteiger charge is -2.14. The molecule has 4 nitrogen and oxygen atoms in total. The highest BCUT2D eigenvalue weighted by Crippen LogP contribution is 2.16. The monoisotopic (exact) mass is 285 g/mol. The summed E-state index contributed by atoms with van der Waals surface area (Å²) < 4.78 is 5.05. The van der Waals surface area contributed by atoms with Crippen molar-refractivity contribution in [1.82, 2.24) is 5.32 Å². The van der Waals surface area contributed by atoms with Crippen molar-refractivity contribution in [1.29, 1.82) is 0 Å². The highest BCUT2D eigenvalue weighted by molar-refractivity contribution is 5.94. The van der Waals surface area contributed by atoms with Gasteiger partial charge in [0.15, 0.2) is 0 Å². The molecule has 0 saturated heterocycles. The molecule has 2 aromatic carbocycles. The van der Waals surface area contributed by atoms with Crippen LogP contribution in [0, 0.1) is 6.92 Å². The second-order valence-electron chi connectivity index (χ2n) is 4.81. The van der Waals surface area contributed by atoms with Gasteiger partial charge in [-0.05, 0) is 42.3 Å². The standard InChI is InChI=1S/C17H19NO3/c1-12-5-3-4-6-15(12)16(19)11-18-17(20)13-7-9-14(21-2)10-8-13/h3-10,16,19H,11H2,1-2H3,(H,18,20). The largest absolute Gasteiger partial charge is 0.497 e. The molecule has 0 radical (unpaired) electrons. The van der Waals surface area contributed by atoms with E-state index in [-0.39, 0.29) is 12.5 Å². The van der Waals surface area contributed by atoms with Gasteiger partial charge in [-0.25, -0.2) is 0 Å². The van der Waals surface area contributed by atoms with Crippen LogP contribution in [-0.4, -0.2) is 24.7 Å². The molecular weight excluding hydrogens is 266 g/mol. The first-order valence-electron chi connectivity index (χ1n) is 6.77. The summed E-state index contributed by atoms with van der Waals surface area (Å²) in [4.78, 5) is 12.0. The van der Waals surface area contributed by atoms with Crippen molar-refractivity contribution in [2.45, 2.75) is 13.0 Å². The quantitative estimate of drug-likeness (QED) is 0.887. The van der Waals surface area contributed by atoms with Gasteiger partial charge in [-0.3, -0.25) is 4.79 Å². The zero-order chi connectivity index (χ0) is 15.2. The van der Waals surface area contributed by atoms with Crippen LogP contribution in [-0.2, 0) is 0 Å². The number of aryl methyl sites for hydroxylation is 1. The van der Waals surface area contributed by atoms with Crippen LogP contribution in [0.2, 0.25) is 0 Å². The summed E-state index contributed by atoms with van der Waals surface area (Å²) in [6.45, 7) is 2.11. The number of benzene rings is 2. The predicted molar refractivity (Wildman–Crippen MR) is 81.5 cm³/mol. The molecule has 2 N–H and O–H groups in total. The molecule has 0 spiro atoms. The first kappa shape index (κ1) is 15.1. The minimum absolute atomic E-state index is 0.176. The highest BCUT2D eigenvalue weighted by atomic mass is 16.5. The number of aliphatic hydroxyl groups is 1. The number of hydrogen-bond acceptors (Lipinski definition) is 3. The molecule has 0 bridgehead atoms. The van der Waals surface area contributed by atoms with E-state index in [1.165, 1.54) is 0 Å². The Bertz CT molecular complexity index is 608. The summed E-state index contributed by atoms with van der Waals surface area (Å²) in [6, 6.07) is 14.4. The number of hydrogen-bond donors (Lipinski definition) is 2. The Morgan fingerprint density at radius 2 is 1.86 bits per heavy atom. The van der Waals surface area contributed by atoms with Gasteiger partial charge in [0, 0.05) is 12.1 Å². The molecule has 0 aliphatic carbocycles. The number of carbonyl (C=O) groups excluding carboxylic acids is 1. The molecule has 21 heavy (non-hydrogen) atoms. The molecule has 1 amide bonds. The van der Waals surface area contributed by atoms with E-state index in [4.69, 9.17) is 4.74 Å². The molecule has 4 heteroatoms. The van der Waals surface area contributed by atoms with Crippen molar-refractivity contribution in [2.75, 3.05) is 13.7 Å². The van der Waals surface area contributed by atoms with E-state index >= 15 is 0 Å². The molecule has 0 fully saturated rings. The number of amides is 1. The summed E-state index contributed by atoms with van der Waals surface area (Å²) in [5.74, 6) is 0.483. The normalized spacial score (nSPS) is 11.8. The predicted octanol–water partition coefficient (Wildman–Crippen LogP) is 2.47. The Kier molecular flexibility index (Phi) is 4.95. The van der Waals surface area contributed by atoms with Crippen LogP contribution < -0.4 is 10.1 Å². The lowest BCUT2D eigenvalue weighted by atomic mass is 10.0. The van der Waals surface area contributed by atoms with E-state index in [2.05, 4.69) is 5.32 Å². The Labute approximate surface area is 124 Å². The van der Waals surface area contributed by atoms with E-state index in [0.29, 0.717) is 11.3 Å². The lowest BCUT2D eigenvalue weighted by molar-refractivity contribution is 0.0916. The molecule has 110 valence electrons. The Morgan fingerprint density at radius 1 is 1.19 bits per heavy atom. The molecule has 2 rings (SSSR count). The molecular formula is C17H19NO3. The summed E-state index contributed by atoms with van der Waals surface area (Å²) in [5.41, 5.74) is 2.36. The van der Waals surface area contributed by atoms with Crippen molar-refractivity contribution in [2.24, 2.45) is 0 Å². The van der Waals surface area contributed by atoms with E-state index in [9.17, 15) is 9.90 Å². The number of ether oxygens (including phenoxy) is 1. The van der Waals surface area contributed by atoms with Gasteiger partial charge in [-0.1, -0.05) is 24.3 Å². The third kappa shape index (κ3) is 3.83. The second kappa shape index (κ2) is 6.90. The molecule has 1 unspecified atom stereocenters. The van der Waals surface area contributed by atoms with Crippen molar-refractivity contribution in [3.63, 3.8) is 0 Å². The van der Waals surface area contributed by atoms with Gasteiger partial charge in [-0.2, -0.15) is 0 Å². The number of methoxy groups -OCH3 is 1. The SMILES string of the molecule is COc1ccc(C(=O)NCC(O)c2ccccc2C)cc1. The van der Waals surface area contributed by atoms with Gasteiger partial charge in [-0.15, -0.1) is 0 Å². The number of nitrogens with one attached hydrogen (secondary N) is 1. The zero-order valence-electron chi connectivity index (χ0n) is 12.2. The first-order valence-corrected chi connectivity index (χ1v) is 6.77. The van der Waals surface area contributed by atoms with E-state index in [1.807, 2.05) is 31.2 Å². The Morgan fingerprint density at radius 3 is 2.48 bits per heavy atom. The lowest BCUT2D eigenvalue weighted by Crippen LogP contribution is -2.28. The molecule has 0 aliphatic heterocycles. The molecule has 0 aliphatic rings. The van der Waals surface area contributed by atoms with Gasteiger partial charge in [0.1, 0.15) is 5.75 Å². The topological polar surface area (TPSA) is 58.6 Å². The molecule has 1 atom stereocenters. The average molecular weight is 285 g/mol. The highest BCUT2D eigenvalue weighted by Gasteiger charge is 2.12. The van der Waals surface area contributed by atoms with Crippen molar-refractivity contribution in [3.05, 3.63) is 65.2 Å². The van der Waals surface area contributed by atoms with E-state index in [1.54, 1.807) is 31.4 Å². The number of aliphatic hydroxyl groups excluding tert-OH is 1. The van der Waals surface area contributed by atoms with Crippen LogP contribution in [0.25, 0.3) is 0 Å². The summed E-state index contributed by atoms with van der Waals surface area (Å²) in [7, 11) is 1.58. The maximum Gasteiger partial charge on any atom is 0.251 e. The zero-order valence-corrected chi connectivity index (χ0v) is 12.2. The maximum atomic E-state index is 12.0. The third-order valence-electron chi connectivity index (χ3n) is 3.36. The van der Waals surface area contributed by atoms with Crippen LogP contribution >= 0.6 is 0 Å². The smallest absolute Gasteiger partial charge is 0.251 e. The van der Waals surface area contributed by atoms with Crippen LogP contribution in [0.1, 0.15) is 27.6 Å². The second-order valence-corrected chi connectivity index (χ2v) is 4.81. The van der Waals surface area contributed by atoms with Crippen LogP contribution in [0.3, 0.4) is 0 Å². The maximum absolute atomic E-state index is 12.0. The van der Waals surface area contributed by atoms with Crippen molar-refractivity contribution >= 4 is 5.91 Å². The van der Waals surface area contributed by atoms with Gasteiger partial charge in [0.05, 0.1) is 13.2 Å². The molecule has 0 aromatic heterocycles. The number of rotatable bonds is 5. The summed E-state index contributed by atoms with van der Waals surface area (Å²) in [5, 5.41) is 12.9. The van der Waals surface area contributed by atoms with Crippen molar-refractivity contribution < 1.29 is 14.6 Å². The fraction of sp³-hybridized carbons (Fsp3) is 0.235. The van der Waals surface area contributed by atoms with Crippen LogP contribution in [0.15, 0.2) is 48.5 Å². The van der Waals surface area contributed by atoms with Gasteiger partial charge in [0.2, 0.25) is 0 Å². The van der Waals surface area contributed by atoms with Gasteiger partial charge < -0.3 is 15.2 Å². The Balaban J connectivity index is 1.95. The average Bonchev–Trinajstić information content (AvgIpc) is 2.52. The van der Waals surface area contributed by atoms with Gasteiger partial charge in [0.25, 0.3) is 5.91 Å². The Hall–Kier alpha value is -2.33. The number of carbonyl (C=O) groups is 1. The summed E-state index contributed by atoms with van der Waals surface area (Å²) in [6.07, 6.45) is -0.714. The minimum atomic E-state index is -0.714. The molecule has 0 heterocycles. The fourth-order valence-corrected chi connectivity index (χ4v) is 2.10. The third-order valence-corrected chi connectivity index (χ3v) is 3.36. The van der Waals surface area contributed by atoms with Crippen molar-refractivity contribution in [3.8, 4) is 5.75 Å². The molecule has 0 saturated carbocycles.